The predicted molar refractivity (Wildman–Crippen MR) is 81.1 cm³/mol. The molecule has 1 aromatic carbocycles. The standard InChI is InChI=1S/C16H24N2O2/c1-20-15-8-4-7-14(11-15)18-16(19)12-17-10-9-13-5-2-3-6-13/h4,7-8,11,13,17H,2-3,5-6,9-10,12H2,1H3,(H,18,19). The summed E-state index contributed by atoms with van der Waals surface area (Å²) in [7, 11) is 1.62. The zero-order chi connectivity index (χ0) is 14.2. The molecule has 1 saturated carbocycles. The normalized spacial score (nSPS) is 15.2. The van der Waals surface area contributed by atoms with Crippen molar-refractivity contribution in [3.8, 4) is 5.75 Å². The Hall–Kier alpha value is -1.55. The SMILES string of the molecule is COc1cccc(NC(=O)CNCCC2CCCC2)c1. The van der Waals surface area contributed by atoms with E-state index in [1.807, 2.05) is 24.3 Å². The van der Waals surface area contributed by atoms with Crippen LogP contribution in [0.15, 0.2) is 24.3 Å². The topological polar surface area (TPSA) is 50.4 Å². The van der Waals surface area contributed by atoms with Gasteiger partial charge in [0.05, 0.1) is 13.7 Å². The third-order valence-corrected chi connectivity index (χ3v) is 3.84. The Morgan fingerprint density at radius 1 is 1.35 bits per heavy atom. The van der Waals surface area contributed by atoms with Crippen LogP contribution in [0, 0.1) is 5.92 Å². The van der Waals surface area contributed by atoms with Gasteiger partial charge in [-0.05, 0) is 31.0 Å². The van der Waals surface area contributed by atoms with Gasteiger partial charge >= 0.3 is 0 Å². The van der Waals surface area contributed by atoms with E-state index in [4.69, 9.17) is 4.74 Å². The zero-order valence-electron chi connectivity index (χ0n) is 12.2. The average Bonchev–Trinajstić information content (AvgIpc) is 2.97. The van der Waals surface area contributed by atoms with Crippen molar-refractivity contribution in [1.29, 1.82) is 0 Å². The molecule has 0 heterocycles. The minimum Gasteiger partial charge on any atom is -0.497 e. The first-order valence-corrected chi connectivity index (χ1v) is 7.42. The smallest absolute Gasteiger partial charge is 0.238 e. The first-order chi connectivity index (χ1) is 9.78. The molecule has 0 bridgehead atoms. The molecular formula is C16H24N2O2. The number of carbonyl (C=O) groups excluding carboxylic acids is 1. The maximum absolute atomic E-state index is 11.8. The highest BCUT2D eigenvalue weighted by Crippen LogP contribution is 2.26. The molecule has 4 heteroatoms. The van der Waals surface area contributed by atoms with Crippen molar-refractivity contribution in [2.75, 3.05) is 25.5 Å². The molecule has 1 fully saturated rings. The molecular weight excluding hydrogens is 252 g/mol. The molecule has 1 aromatic rings. The van der Waals surface area contributed by atoms with E-state index < -0.39 is 0 Å². The maximum Gasteiger partial charge on any atom is 0.238 e. The van der Waals surface area contributed by atoms with Gasteiger partial charge in [0.25, 0.3) is 0 Å². The Morgan fingerprint density at radius 3 is 2.90 bits per heavy atom. The first kappa shape index (κ1) is 14.9. The number of rotatable bonds is 7. The quantitative estimate of drug-likeness (QED) is 0.753. The van der Waals surface area contributed by atoms with E-state index in [1.54, 1.807) is 7.11 Å². The number of hydrogen-bond donors (Lipinski definition) is 2. The van der Waals surface area contributed by atoms with Crippen molar-refractivity contribution < 1.29 is 9.53 Å². The van der Waals surface area contributed by atoms with Crippen LogP contribution < -0.4 is 15.4 Å². The van der Waals surface area contributed by atoms with Crippen LogP contribution in [0.4, 0.5) is 5.69 Å². The van der Waals surface area contributed by atoms with Crippen LogP contribution in [-0.2, 0) is 4.79 Å². The number of carbonyl (C=O) groups is 1. The van der Waals surface area contributed by atoms with Crippen molar-refractivity contribution in [2.24, 2.45) is 5.92 Å². The second-order valence-electron chi connectivity index (χ2n) is 5.40. The number of anilines is 1. The van der Waals surface area contributed by atoms with E-state index in [1.165, 1.54) is 32.1 Å². The van der Waals surface area contributed by atoms with Gasteiger partial charge in [-0.1, -0.05) is 31.7 Å². The Balaban J connectivity index is 1.64. The van der Waals surface area contributed by atoms with E-state index in [0.717, 1.165) is 23.9 Å². The van der Waals surface area contributed by atoms with Crippen molar-refractivity contribution >= 4 is 11.6 Å². The molecule has 0 radical (unpaired) electrons. The van der Waals surface area contributed by atoms with Gasteiger partial charge in [-0.25, -0.2) is 0 Å². The van der Waals surface area contributed by atoms with Crippen LogP contribution in [0.3, 0.4) is 0 Å². The molecule has 0 saturated heterocycles. The summed E-state index contributed by atoms with van der Waals surface area (Å²) in [6, 6.07) is 7.40. The number of benzene rings is 1. The van der Waals surface area contributed by atoms with Crippen molar-refractivity contribution in [1.82, 2.24) is 5.32 Å². The molecule has 4 nitrogen and oxygen atoms in total. The number of nitrogens with one attached hydrogen (secondary N) is 2. The summed E-state index contributed by atoms with van der Waals surface area (Å²) in [4.78, 5) is 11.8. The molecule has 1 aliphatic carbocycles. The highest BCUT2D eigenvalue weighted by atomic mass is 16.5. The van der Waals surface area contributed by atoms with Gasteiger partial charge < -0.3 is 15.4 Å². The highest BCUT2D eigenvalue weighted by molar-refractivity contribution is 5.92. The fourth-order valence-electron chi connectivity index (χ4n) is 2.71. The van der Waals surface area contributed by atoms with E-state index in [0.29, 0.717) is 6.54 Å². The Kier molecular flexibility index (Phi) is 5.87. The van der Waals surface area contributed by atoms with Crippen molar-refractivity contribution in [3.63, 3.8) is 0 Å². The second-order valence-corrected chi connectivity index (χ2v) is 5.40. The molecule has 0 unspecified atom stereocenters. The molecule has 1 aliphatic rings. The predicted octanol–water partition coefficient (Wildman–Crippen LogP) is 2.80. The minimum absolute atomic E-state index is 0.00956. The monoisotopic (exact) mass is 276 g/mol. The van der Waals surface area contributed by atoms with E-state index in [-0.39, 0.29) is 5.91 Å². The number of methoxy groups -OCH3 is 1. The largest absolute Gasteiger partial charge is 0.497 e. The summed E-state index contributed by atoms with van der Waals surface area (Å²) >= 11 is 0. The maximum atomic E-state index is 11.8. The van der Waals surface area contributed by atoms with Crippen LogP contribution in [0.5, 0.6) is 5.75 Å². The van der Waals surface area contributed by atoms with E-state index in [9.17, 15) is 4.79 Å². The zero-order valence-corrected chi connectivity index (χ0v) is 12.2. The first-order valence-electron chi connectivity index (χ1n) is 7.42. The van der Waals surface area contributed by atoms with Crippen LogP contribution in [0.2, 0.25) is 0 Å². The van der Waals surface area contributed by atoms with Gasteiger partial charge in [0, 0.05) is 11.8 Å². The number of hydrogen-bond acceptors (Lipinski definition) is 3. The lowest BCUT2D eigenvalue weighted by Crippen LogP contribution is -2.29. The Morgan fingerprint density at radius 2 is 2.15 bits per heavy atom. The molecule has 2 rings (SSSR count). The number of ether oxygens (including phenoxy) is 1. The van der Waals surface area contributed by atoms with E-state index in [2.05, 4.69) is 10.6 Å². The third kappa shape index (κ3) is 4.85. The van der Waals surface area contributed by atoms with Gasteiger partial charge in [0.15, 0.2) is 0 Å². The molecule has 0 atom stereocenters. The lowest BCUT2D eigenvalue weighted by molar-refractivity contribution is -0.115. The summed E-state index contributed by atoms with van der Waals surface area (Å²) in [6.07, 6.45) is 6.66. The molecule has 0 spiro atoms. The summed E-state index contributed by atoms with van der Waals surface area (Å²) in [5, 5.41) is 6.08. The summed E-state index contributed by atoms with van der Waals surface area (Å²) in [5.41, 5.74) is 0.770. The van der Waals surface area contributed by atoms with Crippen LogP contribution >= 0.6 is 0 Å². The summed E-state index contributed by atoms with van der Waals surface area (Å²) < 4.78 is 5.12. The summed E-state index contributed by atoms with van der Waals surface area (Å²) in [5.74, 6) is 1.60. The van der Waals surface area contributed by atoms with Gasteiger partial charge in [0.2, 0.25) is 5.91 Å². The third-order valence-electron chi connectivity index (χ3n) is 3.84. The fraction of sp³-hybridized carbons (Fsp3) is 0.562. The Labute approximate surface area is 120 Å². The van der Waals surface area contributed by atoms with Gasteiger partial charge in [-0.15, -0.1) is 0 Å². The number of amides is 1. The van der Waals surface area contributed by atoms with Gasteiger partial charge in [-0.2, -0.15) is 0 Å². The molecule has 1 amide bonds. The van der Waals surface area contributed by atoms with Crippen LogP contribution in [0.25, 0.3) is 0 Å². The molecule has 20 heavy (non-hydrogen) atoms. The average molecular weight is 276 g/mol. The highest BCUT2D eigenvalue weighted by Gasteiger charge is 2.14. The molecule has 0 aromatic heterocycles. The van der Waals surface area contributed by atoms with E-state index >= 15 is 0 Å². The van der Waals surface area contributed by atoms with Gasteiger partial charge in [-0.3, -0.25) is 4.79 Å². The van der Waals surface area contributed by atoms with Gasteiger partial charge in [0.1, 0.15) is 5.75 Å². The lowest BCUT2D eigenvalue weighted by atomic mass is 10.0. The van der Waals surface area contributed by atoms with Crippen LogP contribution in [0.1, 0.15) is 32.1 Å². The molecule has 0 aliphatic heterocycles. The second kappa shape index (κ2) is 7.90. The van der Waals surface area contributed by atoms with Crippen molar-refractivity contribution in [3.05, 3.63) is 24.3 Å². The Bertz CT molecular complexity index is 428. The lowest BCUT2D eigenvalue weighted by Gasteiger charge is -2.10. The summed E-state index contributed by atoms with van der Waals surface area (Å²) in [6.45, 7) is 1.29. The minimum atomic E-state index is -0.00956. The van der Waals surface area contributed by atoms with Crippen LogP contribution in [-0.4, -0.2) is 26.1 Å². The fourth-order valence-corrected chi connectivity index (χ4v) is 2.71. The molecule has 110 valence electrons. The van der Waals surface area contributed by atoms with Crippen molar-refractivity contribution in [2.45, 2.75) is 32.1 Å². The molecule has 2 N–H and O–H groups in total.